The fourth-order valence-corrected chi connectivity index (χ4v) is 2.47. The molecule has 1 atom stereocenters. The summed E-state index contributed by atoms with van der Waals surface area (Å²) in [4.78, 5) is 0. The van der Waals surface area contributed by atoms with Crippen molar-refractivity contribution in [2.24, 2.45) is 5.73 Å². The highest BCUT2D eigenvalue weighted by Crippen LogP contribution is 2.37. The average molecular weight is 179 g/mol. The Bertz CT molecular complexity index is 88.1. The van der Waals surface area contributed by atoms with Crippen molar-refractivity contribution in [1.29, 1.82) is 0 Å². The minimum Gasteiger partial charge on any atom is -0.319 e. The maximum Gasteiger partial charge on any atom is 0.0609 e. The van der Waals surface area contributed by atoms with Gasteiger partial charge >= 0.3 is 0 Å². The molecule has 0 radical (unpaired) electrons. The molecular formula is C7H17NS2. The molecule has 0 aliphatic carbocycles. The molecule has 0 heterocycles. The van der Waals surface area contributed by atoms with Gasteiger partial charge in [0.2, 0.25) is 0 Å². The Balaban J connectivity index is 3.36. The normalized spacial score (nSPS) is 15.3. The lowest BCUT2D eigenvalue weighted by atomic mass is 10.3. The van der Waals surface area contributed by atoms with Gasteiger partial charge in [0.05, 0.1) is 5.37 Å². The molecule has 0 fully saturated rings. The second-order valence-electron chi connectivity index (χ2n) is 3.24. The predicted octanol–water partition coefficient (Wildman–Crippen LogP) is 2.86. The molecule has 10 heavy (non-hydrogen) atoms. The summed E-state index contributed by atoms with van der Waals surface area (Å²) in [7, 11) is 3.64. The first-order valence-electron chi connectivity index (χ1n) is 3.56. The Morgan fingerprint density at radius 3 is 2.20 bits per heavy atom. The summed E-state index contributed by atoms with van der Waals surface area (Å²) < 4.78 is 0.331. The molecule has 62 valence electrons. The van der Waals surface area contributed by atoms with Crippen LogP contribution in [0.3, 0.4) is 0 Å². The summed E-state index contributed by atoms with van der Waals surface area (Å²) in [6.07, 6.45) is 1.05. The molecule has 3 heteroatoms. The highest BCUT2D eigenvalue weighted by molar-refractivity contribution is 8.77. The van der Waals surface area contributed by atoms with Crippen molar-refractivity contribution in [2.45, 2.75) is 44.2 Å². The van der Waals surface area contributed by atoms with Gasteiger partial charge in [0.25, 0.3) is 0 Å². The highest BCUT2D eigenvalue weighted by atomic mass is 33.1. The van der Waals surface area contributed by atoms with Crippen molar-refractivity contribution in [2.75, 3.05) is 0 Å². The van der Waals surface area contributed by atoms with E-state index in [4.69, 9.17) is 5.73 Å². The Kier molecular flexibility index (Phi) is 4.82. The molecule has 0 aromatic rings. The zero-order valence-corrected chi connectivity index (χ0v) is 8.81. The van der Waals surface area contributed by atoms with Gasteiger partial charge in [-0.25, -0.2) is 0 Å². The van der Waals surface area contributed by atoms with Crippen molar-refractivity contribution in [3.05, 3.63) is 0 Å². The topological polar surface area (TPSA) is 26.0 Å². The molecule has 2 N–H and O–H groups in total. The van der Waals surface area contributed by atoms with Gasteiger partial charge in [-0.1, -0.05) is 49.3 Å². The second-order valence-corrected chi connectivity index (χ2v) is 6.51. The molecule has 0 rings (SSSR count). The number of nitrogens with two attached hydrogens (primary N) is 1. The van der Waals surface area contributed by atoms with E-state index in [1.807, 2.05) is 10.8 Å². The van der Waals surface area contributed by atoms with Gasteiger partial charge in [-0.15, -0.1) is 0 Å². The van der Waals surface area contributed by atoms with E-state index in [-0.39, 0.29) is 0 Å². The van der Waals surface area contributed by atoms with E-state index in [0.29, 0.717) is 10.1 Å². The Hall–Kier alpha value is 0.660. The predicted molar refractivity (Wildman–Crippen MR) is 53.2 cm³/mol. The van der Waals surface area contributed by atoms with Crippen LogP contribution in [0.2, 0.25) is 0 Å². The van der Waals surface area contributed by atoms with E-state index >= 15 is 0 Å². The Labute approximate surface area is 71.9 Å². The van der Waals surface area contributed by atoms with Gasteiger partial charge in [0.15, 0.2) is 0 Å². The maximum absolute atomic E-state index is 5.72. The molecule has 0 aromatic heterocycles. The van der Waals surface area contributed by atoms with Crippen molar-refractivity contribution < 1.29 is 0 Å². The van der Waals surface area contributed by atoms with Crippen LogP contribution in [0.15, 0.2) is 0 Å². The number of rotatable bonds is 3. The lowest BCUT2D eigenvalue weighted by Gasteiger charge is -2.18. The van der Waals surface area contributed by atoms with Gasteiger partial charge < -0.3 is 5.73 Å². The Morgan fingerprint density at radius 2 is 1.90 bits per heavy atom. The molecule has 0 aromatic carbocycles. The Morgan fingerprint density at radius 1 is 1.40 bits per heavy atom. The van der Waals surface area contributed by atoms with E-state index in [1.54, 1.807) is 10.8 Å². The van der Waals surface area contributed by atoms with Crippen LogP contribution >= 0.6 is 21.6 Å². The summed E-state index contributed by atoms with van der Waals surface area (Å²) in [5, 5.41) is 0.296. The van der Waals surface area contributed by atoms with Gasteiger partial charge in [-0.05, 0) is 6.42 Å². The van der Waals surface area contributed by atoms with E-state index in [2.05, 4.69) is 27.7 Å². The van der Waals surface area contributed by atoms with Crippen LogP contribution < -0.4 is 5.73 Å². The van der Waals surface area contributed by atoms with Crippen molar-refractivity contribution in [1.82, 2.24) is 0 Å². The third kappa shape index (κ3) is 6.78. The van der Waals surface area contributed by atoms with Crippen LogP contribution in [0.25, 0.3) is 0 Å². The average Bonchev–Trinajstić information content (AvgIpc) is 1.81. The molecule has 0 saturated heterocycles. The molecule has 0 bridgehead atoms. The first-order valence-corrected chi connectivity index (χ1v) is 5.77. The van der Waals surface area contributed by atoms with Crippen molar-refractivity contribution in [3.63, 3.8) is 0 Å². The minimum atomic E-state index is 0.296. The summed E-state index contributed by atoms with van der Waals surface area (Å²) in [6.45, 7) is 8.72. The lowest BCUT2D eigenvalue weighted by Crippen LogP contribution is -2.14. The molecule has 0 saturated carbocycles. The SMILES string of the molecule is CCC(N)SSC(C)(C)C. The number of hydrogen-bond donors (Lipinski definition) is 1. The smallest absolute Gasteiger partial charge is 0.0609 e. The monoisotopic (exact) mass is 179 g/mol. The van der Waals surface area contributed by atoms with Gasteiger partial charge in [0.1, 0.15) is 0 Å². The van der Waals surface area contributed by atoms with E-state index in [1.165, 1.54) is 0 Å². The first kappa shape index (κ1) is 10.7. The summed E-state index contributed by atoms with van der Waals surface area (Å²) in [6, 6.07) is 0. The number of hydrogen-bond acceptors (Lipinski definition) is 3. The molecule has 0 aliphatic rings. The molecule has 0 spiro atoms. The van der Waals surface area contributed by atoms with Crippen LogP contribution in [0.5, 0.6) is 0 Å². The van der Waals surface area contributed by atoms with Crippen LogP contribution in [0, 0.1) is 0 Å². The van der Waals surface area contributed by atoms with E-state index in [0.717, 1.165) is 6.42 Å². The third-order valence-corrected chi connectivity index (χ3v) is 4.53. The summed E-state index contributed by atoms with van der Waals surface area (Å²) in [5.74, 6) is 0. The van der Waals surface area contributed by atoms with E-state index < -0.39 is 0 Å². The third-order valence-electron chi connectivity index (χ3n) is 0.824. The van der Waals surface area contributed by atoms with Gasteiger partial charge in [0, 0.05) is 4.75 Å². The van der Waals surface area contributed by atoms with Crippen LogP contribution in [0.1, 0.15) is 34.1 Å². The fraction of sp³-hybridized carbons (Fsp3) is 1.00. The first-order chi connectivity index (χ1) is 4.45. The van der Waals surface area contributed by atoms with Crippen molar-refractivity contribution in [3.8, 4) is 0 Å². The molecule has 0 aliphatic heterocycles. The molecule has 1 nitrogen and oxygen atoms in total. The summed E-state index contributed by atoms with van der Waals surface area (Å²) >= 11 is 0. The second kappa shape index (κ2) is 4.52. The summed E-state index contributed by atoms with van der Waals surface area (Å²) in [5.41, 5.74) is 5.72. The van der Waals surface area contributed by atoms with Gasteiger partial charge in [-0.2, -0.15) is 0 Å². The standard InChI is InChI=1S/C7H17NS2/c1-5-6(8)9-10-7(2,3)4/h6H,5,8H2,1-4H3. The molecule has 1 unspecified atom stereocenters. The van der Waals surface area contributed by atoms with Crippen LogP contribution in [-0.4, -0.2) is 10.1 Å². The lowest BCUT2D eigenvalue weighted by molar-refractivity contribution is 0.809. The fourth-order valence-electron chi connectivity index (χ4n) is 0.274. The highest BCUT2D eigenvalue weighted by Gasteiger charge is 2.12. The molecular weight excluding hydrogens is 162 g/mol. The quantitative estimate of drug-likeness (QED) is 0.533. The maximum atomic E-state index is 5.72. The minimum absolute atomic E-state index is 0.296. The van der Waals surface area contributed by atoms with Crippen LogP contribution in [0.4, 0.5) is 0 Å². The van der Waals surface area contributed by atoms with Crippen molar-refractivity contribution >= 4 is 21.6 Å². The van der Waals surface area contributed by atoms with E-state index in [9.17, 15) is 0 Å². The zero-order valence-electron chi connectivity index (χ0n) is 7.18. The largest absolute Gasteiger partial charge is 0.319 e. The zero-order chi connectivity index (χ0) is 8.20. The van der Waals surface area contributed by atoms with Crippen LogP contribution in [-0.2, 0) is 0 Å². The molecule has 0 amide bonds. The van der Waals surface area contributed by atoms with Gasteiger partial charge in [-0.3, -0.25) is 0 Å².